The van der Waals surface area contributed by atoms with E-state index in [1.54, 1.807) is 30.9 Å². The Kier molecular flexibility index (Phi) is 39.3. The number of amides is 6. The van der Waals surface area contributed by atoms with Gasteiger partial charge in [-0.25, -0.2) is 0 Å². The second kappa shape index (κ2) is 44.7. The number of hydrogen-bond donors (Lipinski definition) is 9. The summed E-state index contributed by atoms with van der Waals surface area (Å²) in [4.78, 5) is 86.4. The summed E-state index contributed by atoms with van der Waals surface area (Å²) < 4.78 is 0. The van der Waals surface area contributed by atoms with E-state index in [4.69, 9.17) is 25.7 Å². The molecule has 10 atom stereocenters. The van der Waals surface area contributed by atoms with Crippen LogP contribution in [0.25, 0.3) is 0 Å². The molecule has 89 heavy (non-hydrogen) atoms. The second-order valence-corrected chi connectivity index (χ2v) is 24.1. The van der Waals surface area contributed by atoms with Crippen molar-refractivity contribution >= 4 is 35.4 Å². The molecule has 2 aliphatic carbocycles. The number of carbonyl (C=O) groups is 6. The fourth-order valence-corrected chi connectivity index (χ4v) is 11.3. The average molecular weight is 1230 g/mol. The Labute approximate surface area is 533 Å². The Bertz CT molecular complexity index is 2550. The van der Waals surface area contributed by atoms with E-state index in [1.165, 1.54) is 0 Å². The van der Waals surface area contributed by atoms with Gasteiger partial charge in [0.1, 0.15) is 24.3 Å². The second-order valence-electron chi connectivity index (χ2n) is 24.1. The van der Waals surface area contributed by atoms with Gasteiger partial charge in [-0.2, -0.15) is 0 Å². The van der Waals surface area contributed by atoms with E-state index in [-0.39, 0.29) is 70.6 Å². The zero-order valence-electron chi connectivity index (χ0n) is 53.2. The van der Waals surface area contributed by atoms with Crippen LogP contribution in [0.2, 0.25) is 0 Å². The van der Waals surface area contributed by atoms with Crippen LogP contribution in [0.1, 0.15) is 154 Å². The van der Waals surface area contributed by atoms with Crippen molar-refractivity contribution in [1.82, 2.24) is 41.3 Å². The normalized spacial score (nSPS) is 16.7. The molecule has 0 aliphatic heterocycles. The lowest BCUT2D eigenvalue weighted by Crippen LogP contribution is -2.56. The topological polar surface area (TPSA) is 253 Å². The highest BCUT2D eigenvalue weighted by Gasteiger charge is 2.36. The van der Waals surface area contributed by atoms with E-state index in [1.807, 2.05) is 74.6 Å². The molecule has 18 nitrogen and oxygen atoms in total. The quantitative estimate of drug-likeness (QED) is 0.0387. The van der Waals surface area contributed by atoms with Crippen LogP contribution in [-0.2, 0) is 41.6 Å². The summed E-state index contributed by atoms with van der Waals surface area (Å²) in [6, 6.07) is 15.5. The highest BCUT2D eigenvalue weighted by Crippen LogP contribution is 2.30. The summed E-state index contributed by atoms with van der Waals surface area (Å²) in [5.74, 6) is 6.83. The lowest BCUT2D eigenvalue weighted by Gasteiger charge is -2.33. The third-order valence-corrected chi connectivity index (χ3v) is 17.1. The largest absolute Gasteiger partial charge is 0.389 e. The van der Waals surface area contributed by atoms with Crippen LogP contribution in [0.3, 0.4) is 0 Å². The minimum Gasteiger partial charge on any atom is -0.389 e. The van der Waals surface area contributed by atoms with E-state index >= 15 is 0 Å². The van der Waals surface area contributed by atoms with E-state index in [0.29, 0.717) is 63.7 Å². The SMILES string of the molecule is C.C#CCC[C@H](NC(=O)C(CC(=O)N(C)CCN(C)CC)Cc1ccccc1)C(=O)NC(CC1CCCCC1)[C@@H](O)C(O)CC#C.C#CCC[C@H](NC(=O)C(CC(=O)N(C)CCNC)Cc1ccccc1)C(=O)NC(CC1CCCCC1)[C@@H](O)C(O)CC#C. The van der Waals surface area contributed by atoms with Crippen molar-refractivity contribution in [2.24, 2.45) is 23.7 Å². The number of benzene rings is 2. The van der Waals surface area contributed by atoms with E-state index in [2.05, 4.69) is 55.2 Å². The Morgan fingerprint density at radius 2 is 0.921 bits per heavy atom. The molecule has 2 aromatic rings. The third-order valence-electron chi connectivity index (χ3n) is 17.1. The number of aliphatic hydroxyl groups excluding tert-OH is 4. The van der Waals surface area contributed by atoms with Gasteiger partial charge in [0.05, 0.1) is 36.1 Å². The number of carbonyl (C=O) groups excluding carboxylic acids is 6. The highest BCUT2D eigenvalue weighted by molar-refractivity contribution is 5.92. The van der Waals surface area contributed by atoms with E-state index < -0.39 is 84.0 Å². The number of rotatable bonds is 37. The lowest BCUT2D eigenvalue weighted by atomic mass is 9.82. The van der Waals surface area contributed by atoms with Gasteiger partial charge in [0.2, 0.25) is 35.4 Å². The predicted molar refractivity (Wildman–Crippen MR) is 353 cm³/mol. The Hall–Kier alpha value is -6.74. The van der Waals surface area contributed by atoms with E-state index in [9.17, 15) is 49.2 Å². The molecule has 0 heterocycles. The maximum atomic E-state index is 13.8. The monoisotopic (exact) mass is 1230 g/mol. The summed E-state index contributed by atoms with van der Waals surface area (Å²) in [6.07, 6.45) is 29.8. The molecule has 0 bridgehead atoms. The molecule has 0 saturated heterocycles. The van der Waals surface area contributed by atoms with Gasteiger partial charge in [0.25, 0.3) is 0 Å². The van der Waals surface area contributed by atoms with Gasteiger partial charge in [-0.3, -0.25) is 28.8 Å². The molecule has 0 radical (unpaired) electrons. The van der Waals surface area contributed by atoms with Crippen LogP contribution >= 0.6 is 0 Å². The molecule has 18 heteroatoms. The van der Waals surface area contributed by atoms with Crippen molar-refractivity contribution in [2.75, 3.05) is 60.9 Å². The first-order valence-electron chi connectivity index (χ1n) is 31.9. The van der Waals surface area contributed by atoms with Crippen LogP contribution < -0.4 is 26.6 Å². The number of aliphatic hydroxyl groups is 4. The minimum atomic E-state index is -1.26. The van der Waals surface area contributed by atoms with Crippen LogP contribution in [-0.4, -0.2) is 180 Å². The molecular weight excluding hydrogens is 1120 g/mol. The standard InChI is InChI=1S/C36H54N4O5.C34H50N4O5.CH4/c1-6-9-21-30(36(45)38-31(34(43)32(41)16-7-2)25-28-19-14-11-15-20-28)37-35(44)29(24-27-17-12-10-13-18-27)26-33(42)40(5)23-22-39(4)8-3;1-5-7-19-28(34(43)37-29(32(41)30(39)14-6-2)23-26-17-12-9-13-18-26)36-33(42)27(22-25-15-10-8-11-16-25)24-31(40)38(4)21-20-35-3;/h1-2,10,12-13,17-18,28-32,34,41,43H,8-9,11,14-16,19-26H2,3-5H3,(H,37,44)(H,38,45);1-2,8,10-11,15-16,26-30,32,35,39,41H,7,9,12-14,17-24H2,3-4H3,(H,36,42)(H,37,43);1H4/t29?,30-,31?,32?,34+;27?,28-,29?,30?,32+;/m00./s1. The molecule has 2 saturated carbocycles. The van der Waals surface area contributed by atoms with Gasteiger partial charge < -0.3 is 61.7 Å². The van der Waals surface area contributed by atoms with Crippen molar-refractivity contribution < 1.29 is 49.2 Å². The fourth-order valence-electron chi connectivity index (χ4n) is 11.3. The van der Waals surface area contributed by atoms with Crippen molar-refractivity contribution in [3.05, 3.63) is 71.8 Å². The maximum absolute atomic E-state index is 13.8. The minimum absolute atomic E-state index is 0. The van der Waals surface area contributed by atoms with Gasteiger partial charge in [-0.1, -0.05) is 139 Å². The van der Waals surface area contributed by atoms with Crippen LogP contribution in [0.4, 0.5) is 0 Å². The number of nitrogens with zero attached hydrogens (tertiary/aromatic N) is 3. The van der Waals surface area contributed by atoms with Gasteiger partial charge >= 0.3 is 0 Å². The highest BCUT2D eigenvalue weighted by atomic mass is 16.3. The smallest absolute Gasteiger partial charge is 0.242 e. The third kappa shape index (κ3) is 30.1. The maximum Gasteiger partial charge on any atom is 0.242 e. The van der Waals surface area contributed by atoms with Gasteiger partial charge in [0, 0.05) is 78.8 Å². The Balaban J connectivity index is 0.000000601. The first-order chi connectivity index (χ1) is 42.3. The van der Waals surface area contributed by atoms with Crippen molar-refractivity contribution in [3.8, 4) is 49.4 Å². The molecule has 0 spiro atoms. The molecular formula is C71H108N8O10. The van der Waals surface area contributed by atoms with Crippen molar-refractivity contribution in [1.29, 1.82) is 0 Å². The summed E-state index contributed by atoms with van der Waals surface area (Å²) >= 11 is 0. The van der Waals surface area contributed by atoms with Gasteiger partial charge in [0.15, 0.2) is 0 Å². The summed E-state index contributed by atoms with van der Waals surface area (Å²) in [5.41, 5.74) is 1.80. The first-order valence-corrected chi connectivity index (χ1v) is 31.9. The van der Waals surface area contributed by atoms with Crippen LogP contribution in [0.5, 0.6) is 0 Å². The molecule has 0 aromatic heterocycles. The summed E-state index contributed by atoms with van der Waals surface area (Å²) in [7, 11) is 7.23. The first kappa shape index (κ1) is 78.4. The summed E-state index contributed by atoms with van der Waals surface area (Å²) in [5, 5.41) is 57.5. The number of nitrogens with one attached hydrogen (secondary N) is 5. The Morgan fingerprint density at radius 3 is 1.27 bits per heavy atom. The summed E-state index contributed by atoms with van der Waals surface area (Å²) in [6.45, 7) is 5.28. The molecule has 4 rings (SSSR count). The molecule has 9 N–H and O–H groups in total. The van der Waals surface area contributed by atoms with E-state index in [0.717, 1.165) is 81.9 Å². The van der Waals surface area contributed by atoms with Crippen LogP contribution in [0.15, 0.2) is 60.7 Å². The number of terminal acetylenes is 4. The van der Waals surface area contributed by atoms with Crippen LogP contribution in [0, 0.1) is 73.0 Å². The average Bonchev–Trinajstić information content (AvgIpc) is 3.70. The molecule has 6 amide bonds. The molecule has 2 fully saturated rings. The zero-order chi connectivity index (χ0) is 64.8. The molecule has 2 aliphatic rings. The predicted octanol–water partition coefficient (Wildman–Crippen LogP) is 5.39. The van der Waals surface area contributed by atoms with Crippen molar-refractivity contribution in [3.63, 3.8) is 0 Å². The molecule has 6 unspecified atom stereocenters. The Morgan fingerprint density at radius 1 is 0.539 bits per heavy atom. The molecule has 492 valence electrons. The lowest BCUT2D eigenvalue weighted by molar-refractivity contribution is -0.137. The zero-order valence-corrected chi connectivity index (χ0v) is 53.2. The van der Waals surface area contributed by atoms with Crippen molar-refractivity contribution in [2.45, 2.75) is 204 Å². The van der Waals surface area contributed by atoms with Gasteiger partial charge in [-0.05, 0) is 82.1 Å². The van der Waals surface area contributed by atoms with Gasteiger partial charge in [-0.15, -0.1) is 49.4 Å². The number of likely N-dealkylation sites (N-methyl/N-ethyl adjacent to an activating group) is 4. The number of hydrogen-bond acceptors (Lipinski definition) is 12. The fraction of sp³-hybridized carbons (Fsp3) is 0.634. The molecule has 2 aromatic carbocycles.